The lowest BCUT2D eigenvalue weighted by Crippen LogP contribution is -2.02. The molecule has 3 heterocycles. The Labute approximate surface area is 141 Å². The summed E-state index contributed by atoms with van der Waals surface area (Å²) in [6.45, 7) is 1.97. The fourth-order valence-corrected chi connectivity index (χ4v) is 3.72. The molecule has 3 aromatic heterocycles. The minimum atomic E-state index is -1.26. The van der Waals surface area contributed by atoms with E-state index in [9.17, 15) is 4.21 Å². The predicted octanol–water partition coefficient (Wildman–Crippen LogP) is 3.36. The van der Waals surface area contributed by atoms with Crippen LogP contribution >= 0.6 is 0 Å². The molecule has 0 radical (unpaired) electrons. The van der Waals surface area contributed by atoms with E-state index >= 15 is 0 Å². The average molecular weight is 336 g/mol. The van der Waals surface area contributed by atoms with Crippen LogP contribution in [0.1, 0.15) is 11.3 Å². The van der Waals surface area contributed by atoms with Gasteiger partial charge in [0.1, 0.15) is 0 Å². The third-order valence-corrected chi connectivity index (χ3v) is 5.11. The van der Waals surface area contributed by atoms with Crippen LogP contribution < -0.4 is 0 Å². The van der Waals surface area contributed by atoms with Crippen molar-refractivity contribution in [1.82, 2.24) is 19.5 Å². The Bertz CT molecular complexity index is 1020. The first-order valence-corrected chi connectivity index (χ1v) is 8.94. The van der Waals surface area contributed by atoms with Crippen molar-refractivity contribution >= 4 is 21.8 Å². The third kappa shape index (κ3) is 2.76. The maximum Gasteiger partial charge on any atom is 0.197 e. The summed E-state index contributed by atoms with van der Waals surface area (Å²) in [5.74, 6) is 0.358. The quantitative estimate of drug-likeness (QED) is 0.621. The van der Waals surface area contributed by atoms with Gasteiger partial charge in [0, 0.05) is 24.3 Å². The van der Waals surface area contributed by atoms with Gasteiger partial charge in [-0.1, -0.05) is 6.07 Å². The number of imidazole rings is 1. The van der Waals surface area contributed by atoms with Crippen molar-refractivity contribution in [2.75, 3.05) is 0 Å². The summed E-state index contributed by atoms with van der Waals surface area (Å²) in [6, 6.07) is 13.8. The summed E-state index contributed by atoms with van der Waals surface area (Å²) in [7, 11) is -1.26. The maximum atomic E-state index is 12.6. The minimum absolute atomic E-state index is 0.358. The summed E-state index contributed by atoms with van der Waals surface area (Å²) in [5.41, 5.74) is 4.60. The molecule has 120 valence electrons. The molecule has 4 aromatic rings. The summed E-state index contributed by atoms with van der Waals surface area (Å²) >= 11 is 0. The molecule has 1 aromatic carbocycles. The molecule has 1 N–H and O–H groups in total. The highest BCUT2D eigenvalue weighted by atomic mass is 32.2. The van der Waals surface area contributed by atoms with Crippen molar-refractivity contribution in [1.29, 1.82) is 0 Å². The fraction of sp³-hybridized carbons (Fsp3) is 0.111. The second-order valence-electron chi connectivity index (χ2n) is 5.59. The van der Waals surface area contributed by atoms with Crippen molar-refractivity contribution < 1.29 is 4.21 Å². The number of fused-ring (bicyclic) bond motifs is 1. The molecular formula is C18H16N4OS. The van der Waals surface area contributed by atoms with E-state index in [2.05, 4.69) is 15.0 Å². The molecule has 5 nitrogen and oxygen atoms in total. The van der Waals surface area contributed by atoms with Gasteiger partial charge >= 0.3 is 0 Å². The second-order valence-corrected chi connectivity index (χ2v) is 6.96. The molecule has 0 saturated heterocycles. The Morgan fingerprint density at radius 1 is 1.17 bits per heavy atom. The number of aromatic amines is 1. The number of hydrogen-bond donors (Lipinski definition) is 1. The van der Waals surface area contributed by atoms with E-state index in [0.717, 1.165) is 28.0 Å². The topological polar surface area (TPSA) is 63.6 Å². The number of nitrogens with zero attached hydrogens (tertiary/aromatic N) is 3. The van der Waals surface area contributed by atoms with Crippen molar-refractivity contribution in [3.05, 3.63) is 72.3 Å². The normalized spacial score (nSPS) is 12.5. The standard InChI is InChI=1S/C18H16N4OS/c1-13-5-4-8-19-17(13)12-24(23)18-20-15-7-6-14(11-16(15)21-18)22-9-2-3-10-22/h2-11H,12H2,1H3,(H,20,21)/t24-/m1/s1. The molecule has 0 aliphatic rings. The summed E-state index contributed by atoms with van der Waals surface area (Å²) < 4.78 is 14.6. The highest BCUT2D eigenvalue weighted by molar-refractivity contribution is 7.84. The lowest BCUT2D eigenvalue weighted by Gasteiger charge is -2.02. The number of aryl methyl sites for hydroxylation is 1. The monoisotopic (exact) mass is 336 g/mol. The van der Waals surface area contributed by atoms with E-state index in [1.807, 2.05) is 66.3 Å². The average Bonchev–Trinajstić information content (AvgIpc) is 3.25. The second kappa shape index (κ2) is 6.05. The Hall–Kier alpha value is -2.73. The zero-order valence-electron chi connectivity index (χ0n) is 13.1. The van der Waals surface area contributed by atoms with E-state index in [0.29, 0.717) is 10.9 Å². The van der Waals surface area contributed by atoms with Gasteiger partial charge in [0.2, 0.25) is 0 Å². The van der Waals surface area contributed by atoms with E-state index in [1.165, 1.54) is 0 Å². The summed E-state index contributed by atoms with van der Waals surface area (Å²) in [6.07, 6.45) is 5.70. The number of nitrogens with one attached hydrogen (secondary N) is 1. The number of hydrogen-bond acceptors (Lipinski definition) is 3. The lowest BCUT2D eigenvalue weighted by atomic mass is 10.2. The smallest absolute Gasteiger partial charge is 0.197 e. The van der Waals surface area contributed by atoms with E-state index in [4.69, 9.17) is 0 Å². The SMILES string of the molecule is Cc1cccnc1C[S@@](=O)c1nc2ccc(-n3cccc3)cc2[nH]1. The Morgan fingerprint density at radius 3 is 2.79 bits per heavy atom. The van der Waals surface area contributed by atoms with Gasteiger partial charge in [-0.25, -0.2) is 4.98 Å². The van der Waals surface area contributed by atoms with Crippen molar-refractivity contribution in [2.24, 2.45) is 0 Å². The zero-order valence-corrected chi connectivity index (χ0v) is 14.0. The molecule has 0 unspecified atom stereocenters. The molecule has 0 amide bonds. The molecule has 0 aliphatic heterocycles. The van der Waals surface area contributed by atoms with E-state index < -0.39 is 10.8 Å². The number of benzene rings is 1. The van der Waals surface area contributed by atoms with Crippen LogP contribution in [-0.2, 0) is 16.6 Å². The number of pyridine rings is 1. The lowest BCUT2D eigenvalue weighted by molar-refractivity contribution is 0.676. The number of H-pyrrole nitrogens is 1. The number of aromatic nitrogens is 4. The molecule has 0 aliphatic carbocycles. The van der Waals surface area contributed by atoms with Gasteiger partial charge in [-0.15, -0.1) is 0 Å². The first-order chi connectivity index (χ1) is 11.7. The van der Waals surface area contributed by atoms with Crippen LogP contribution in [0.3, 0.4) is 0 Å². The largest absolute Gasteiger partial charge is 0.331 e. The molecule has 1 atom stereocenters. The molecule has 0 saturated carbocycles. The first-order valence-electron chi connectivity index (χ1n) is 7.63. The van der Waals surface area contributed by atoms with Gasteiger partial charge in [0.15, 0.2) is 5.16 Å². The van der Waals surface area contributed by atoms with Crippen LogP contribution in [0.25, 0.3) is 16.7 Å². The van der Waals surface area contributed by atoms with Crippen molar-refractivity contribution in [3.8, 4) is 5.69 Å². The Balaban J connectivity index is 1.65. The van der Waals surface area contributed by atoms with E-state index in [1.54, 1.807) is 6.20 Å². The van der Waals surface area contributed by atoms with Crippen LogP contribution in [-0.4, -0.2) is 23.7 Å². The molecule has 0 bridgehead atoms. The minimum Gasteiger partial charge on any atom is -0.331 e. The van der Waals surface area contributed by atoms with Crippen LogP contribution in [0.2, 0.25) is 0 Å². The summed E-state index contributed by atoms with van der Waals surface area (Å²) in [4.78, 5) is 12.0. The van der Waals surface area contributed by atoms with Gasteiger partial charge < -0.3 is 9.55 Å². The molecule has 0 spiro atoms. The summed E-state index contributed by atoms with van der Waals surface area (Å²) in [5, 5.41) is 0.486. The molecule has 24 heavy (non-hydrogen) atoms. The Kier molecular flexibility index (Phi) is 3.74. The predicted molar refractivity (Wildman–Crippen MR) is 94.5 cm³/mol. The third-order valence-electron chi connectivity index (χ3n) is 3.95. The van der Waals surface area contributed by atoms with Gasteiger partial charge in [0.05, 0.1) is 33.3 Å². The Morgan fingerprint density at radius 2 is 2.00 bits per heavy atom. The van der Waals surface area contributed by atoms with Crippen molar-refractivity contribution in [3.63, 3.8) is 0 Å². The highest BCUT2D eigenvalue weighted by Crippen LogP contribution is 2.19. The van der Waals surface area contributed by atoms with Gasteiger partial charge in [-0.05, 0) is 48.9 Å². The van der Waals surface area contributed by atoms with Crippen molar-refractivity contribution in [2.45, 2.75) is 17.8 Å². The molecular weight excluding hydrogens is 320 g/mol. The molecule has 0 fully saturated rings. The first kappa shape index (κ1) is 14.8. The zero-order chi connectivity index (χ0) is 16.5. The van der Waals surface area contributed by atoms with Crippen LogP contribution in [0.5, 0.6) is 0 Å². The fourth-order valence-electron chi connectivity index (χ4n) is 2.61. The van der Waals surface area contributed by atoms with Crippen LogP contribution in [0, 0.1) is 6.92 Å². The number of rotatable bonds is 4. The van der Waals surface area contributed by atoms with E-state index in [-0.39, 0.29) is 0 Å². The van der Waals surface area contributed by atoms with Gasteiger partial charge in [-0.3, -0.25) is 9.19 Å². The maximum absolute atomic E-state index is 12.6. The van der Waals surface area contributed by atoms with Gasteiger partial charge in [-0.2, -0.15) is 0 Å². The molecule has 4 rings (SSSR count). The van der Waals surface area contributed by atoms with Crippen LogP contribution in [0.4, 0.5) is 0 Å². The molecule has 6 heteroatoms. The highest BCUT2D eigenvalue weighted by Gasteiger charge is 2.13. The van der Waals surface area contributed by atoms with Crippen LogP contribution in [0.15, 0.2) is 66.2 Å². The van der Waals surface area contributed by atoms with Gasteiger partial charge in [0.25, 0.3) is 0 Å².